The van der Waals surface area contributed by atoms with Crippen LogP contribution in [-0.2, 0) is 37.3 Å². The molecule has 7 rings (SSSR count). The third-order valence-corrected chi connectivity index (χ3v) is 9.69. The highest BCUT2D eigenvalue weighted by Crippen LogP contribution is 2.41. The molecule has 13 heteroatoms. The zero-order chi connectivity index (χ0) is 35.0. The average molecular weight is 688 g/mol. The molecule has 2 aromatic carbocycles. The molecule has 5 heterocycles. The highest BCUT2D eigenvalue weighted by Gasteiger charge is 2.39. The van der Waals surface area contributed by atoms with Gasteiger partial charge in [-0.3, -0.25) is 14.5 Å². The normalized spacial score (nSPS) is 16.0. The van der Waals surface area contributed by atoms with Gasteiger partial charge in [0, 0.05) is 81.1 Å². The highest BCUT2D eigenvalue weighted by atomic mass is 19.4. The number of carbonyl (C=O) groups is 1. The predicted molar refractivity (Wildman–Crippen MR) is 183 cm³/mol. The number of pyridine rings is 1. The van der Waals surface area contributed by atoms with E-state index in [9.17, 15) is 18.0 Å². The second kappa shape index (κ2) is 13.9. The molecule has 3 aromatic heterocycles. The summed E-state index contributed by atoms with van der Waals surface area (Å²) in [4.78, 5) is 27.4. The number of alkyl halides is 3. The fourth-order valence-electron chi connectivity index (χ4n) is 7.20. The summed E-state index contributed by atoms with van der Waals surface area (Å²) >= 11 is 0. The number of benzene rings is 2. The molecule has 0 atom stereocenters. The van der Waals surface area contributed by atoms with E-state index < -0.39 is 11.9 Å². The van der Waals surface area contributed by atoms with Crippen molar-refractivity contribution >= 4 is 22.5 Å². The zero-order valence-electron chi connectivity index (χ0n) is 28.4. The van der Waals surface area contributed by atoms with Gasteiger partial charge in [0.2, 0.25) is 0 Å². The summed E-state index contributed by atoms with van der Waals surface area (Å²) in [6.45, 7) is 3.34. The Morgan fingerprint density at radius 2 is 1.80 bits per heavy atom. The molecule has 0 spiro atoms. The van der Waals surface area contributed by atoms with E-state index in [-0.39, 0.29) is 24.1 Å². The van der Waals surface area contributed by atoms with Crippen LogP contribution in [0.5, 0.6) is 5.75 Å². The van der Waals surface area contributed by atoms with Gasteiger partial charge >= 0.3 is 6.18 Å². The average Bonchev–Trinajstić information content (AvgIpc) is 3.77. The Hall–Kier alpha value is -4.75. The van der Waals surface area contributed by atoms with Gasteiger partial charge in [-0.25, -0.2) is 4.98 Å². The standard InChI is InChI=1S/C37H40F3N7O3/c1-44-12-7-26(8-13-44)50-16-4-5-25-19-27(49-3)20-31-33(6-10-42-34(25)31)47-14-9-28-29(32-22-45(2)43-35(32)37(38,39)40)17-24(18-30(28)36(47)48)21-46-15-11-41-23-46/h6,10-11,15,17-20,22-23,26H,4-5,7-9,12-14,16,21H2,1-3H3. The lowest BCUT2D eigenvalue weighted by molar-refractivity contribution is -0.141. The zero-order valence-corrected chi connectivity index (χ0v) is 28.4. The number of piperidine rings is 1. The number of amides is 1. The lowest BCUT2D eigenvalue weighted by Gasteiger charge is -2.31. The molecule has 0 N–H and O–H groups in total. The van der Waals surface area contributed by atoms with Crippen LogP contribution < -0.4 is 9.64 Å². The van der Waals surface area contributed by atoms with Gasteiger partial charge in [0.15, 0.2) is 5.69 Å². The van der Waals surface area contributed by atoms with Crippen molar-refractivity contribution in [3.05, 3.63) is 89.4 Å². The second-order valence-corrected chi connectivity index (χ2v) is 13.2. The molecular weight excluding hydrogens is 647 g/mol. The minimum atomic E-state index is -4.67. The van der Waals surface area contributed by atoms with E-state index in [0.717, 1.165) is 55.2 Å². The van der Waals surface area contributed by atoms with Crippen molar-refractivity contribution in [2.45, 2.75) is 50.9 Å². The number of imidazole rings is 1. The largest absolute Gasteiger partial charge is 0.497 e. The first kappa shape index (κ1) is 33.7. The molecule has 262 valence electrons. The van der Waals surface area contributed by atoms with Gasteiger partial charge in [0.05, 0.1) is 30.7 Å². The quantitative estimate of drug-likeness (QED) is 0.163. The predicted octanol–water partition coefficient (Wildman–Crippen LogP) is 6.15. The molecule has 1 amide bonds. The molecule has 2 aliphatic heterocycles. The molecule has 0 aliphatic carbocycles. The van der Waals surface area contributed by atoms with E-state index in [2.05, 4.69) is 22.0 Å². The van der Waals surface area contributed by atoms with E-state index >= 15 is 0 Å². The van der Waals surface area contributed by atoms with Crippen molar-refractivity contribution in [1.29, 1.82) is 0 Å². The topological polar surface area (TPSA) is 90.5 Å². The summed E-state index contributed by atoms with van der Waals surface area (Å²) in [7, 11) is 5.21. The maximum atomic E-state index is 14.5. The highest BCUT2D eigenvalue weighted by molar-refractivity contribution is 6.13. The number of carbonyl (C=O) groups excluding carboxylic acids is 1. The Bertz CT molecular complexity index is 2000. The lowest BCUT2D eigenvalue weighted by atomic mass is 9.87. The van der Waals surface area contributed by atoms with Crippen molar-refractivity contribution in [2.75, 3.05) is 45.3 Å². The first-order chi connectivity index (χ1) is 24.1. The van der Waals surface area contributed by atoms with Crippen LogP contribution in [0.1, 0.15) is 52.0 Å². The molecule has 10 nitrogen and oxygen atoms in total. The van der Waals surface area contributed by atoms with E-state index in [1.807, 2.05) is 22.8 Å². The lowest BCUT2D eigenvalue weighted by Crippen LogP contribution is -2.38. The third-order valence-electron chi connectivity index (χ3n) is 9.69. The van der Waals surface area contributed by atoms with Gasteiger partial charge in [0.25, 0.3) is 5.91 Å². The summed E-state index contributed by atoms with van der Waals surface area (Å²) < 4.78 is 57.5. The van der Waals surface area contributed by atoms with E-state index in [1.54, 1.807) is 49.1 Å². The number of likely N-dealkylation sites (tertiary alicyclic amines) is 1. The Morgan fingerprint density at radius 1 is 1.00 bits per heavy atom. The number of fused-ring (bicyclic) bond motifs is 2. The molecule has 1 saturated heterocycles. The fourth-order valence-corrected chi connectivity index (χ4v) is 7.20. The summed E-state index contributed by atoms with van der Waals surface area (Å²) in [5.74, 6) is 0.366. The molecule has 5 aromatic rings. The smallest absolute Gasteiger partial charge is 0.435 e. The van der Waals surface area contributed by atoms with Crippen LogP contribution in [-0.4, -0.2) is 81.6 Å². The molecule has 0 unspecified atom stereocenters. The number of aryl methyl sites for hydroxylation is 2. The number of rotatable bonds is 10. The number of aromatic nitrogens is 5. The van der Waals surface area contributed by atoms with Crippen molar-refractivity contribution in [3.8, 4) is 16.9 Å². The van der Waals surface area contributed by atoms with Crippen LogP contribution in [0, 0.1) is 0 Å². The van der Waals surface area contributed by atoms with Gasteiger partial charge in [-0.05, 0) is 91.7 Å². The number of hydrogen-bond donors (Lipinski definition) is 0. The molecule has 50 heavy (non-hydrogen) atoms. The Labute approximate surface area is 288 Å². The summed E-state index contributed by atoms with van der Waals surface area (Å²) in [5.41, 5.74) is 3.39. The Kier molecular flexibility index (Phi) is 9.36. The molecule has 2 aliphatic rings. The monoisotopic (exact) mass is 687 g/mol. The summed E-state index contributed by atoms with van der Waals surface area (Å²) in [6, 6.07) is 9.23. The van der Waals surface area contributed by atoms with Gasteiger partial charge in [-0.2, -0.15) is 18.3 Å². The number of ether oxygens (including phenoxy) is 2. The molecular formula is C37H40F3N7O3. The van der Waals surface area contributed by atoms with E-state index in [0.29, 0.717) is 53.3 Å². The van der Waals surface area contributed by atoms with E-state index in [4.69, 9.17) is 14.5 Å². The SMILES string of the molecule is COc1cc(CCCOC2CCN(C)CC2)c2nccc(N3CCc4c(cc(Cn5ccnc5)cc4-c4cn(C)nc4C(F)(F)F)C3=O)c2c1. The molecule has 0 saturated carbocycles. The van der Waals surface area contributed by atoms with Crippen LogP contribution in [0.15, 0.2) is 61.4 Å². The molecule has 0 radical (unpaired) electrons. The van der Waals surface area contributed by atoms with Gasteiger partial charge in [-0.15, -0.1) is 0 Å². The first-order valence-corrected chi connectivity index (χ1v) is 16.9. The van der Waals surface area contributed by atoms with Gasteiger partial charge in [0.1, 0.15) is 5.75 Å². The maximum absolute atomic E-state index is 14.5. The van der Waals surface area contributed by atoms with Gasteiger partial charge < -0.3 is 23.8 Å². The Morgan fingerprint density at radius 3 is 2.54 bits per heavy atom. The van der Waals surface area contributed by atoms with Crippen molar-refractivity contribution in [1.82, 2.24) is 29.2 Å². The van der Waals surface area contributed by atoms with Crippen LogP contribution in [0.3, 0.4) is 0 Å². The molecule has 1 fully saturated rings. The van der Waals surface area contributed by atoms with Crippen molar-refractivity contribution in [3.63, 3.8) is 0 Å². The number of anilines is 1. The number of methoxy groups -OCH3 is 1. The Balaban J connectivity index is 1.23. The summed E-state index contributed by atoms with van der Waals surface area (Å²) in [5, 5.41) is 4.53. The number of hydrogen-bond acceptors (Lipinski definition) is 7. The first-order valence-electron chi connectivity index (χ1n) is 16.9. The van der Waals surface area contributed by atoms with E-state index in [1.165, 1.54) is 17.9 Å². The number of halogens is 3. The summed E-state index contributed by atoms with van der Waals surface area (Å²) in [6.07, 6.45) is 7.69. The minimum absolute atomic E-state index is 0.0477. The third kappa shape index (κ3) is 6.84. The minimum Gasteiger partial charge on any atom is -0.497 e. The number of nitrogens with zero attached hydrogens (tertiary/aromatic N) is 7. The van der Waals surface area contributed by atoms with Crippen LogP contribution >= 0.6 is 0 Å². The van der Waals surface area contributed by atoms with Crippen molar-refractivity contribution < 1.29 is 27.4 Å². The molecule has 0 bridgehead atoms. The maximum Gasteiger partial charge on any atom is 0.435 e. The van der Waals surface area contributed by atoms with Crippen LogP contribution in [0.2, 0.25) is 0 Å². The second-order valence-electron chi connectivity index (χ2n) is 13.2. The fraction of sp³-hybridized carbons (Fsp3) is 0.405. The van der Waals surface area contributed by atoms with Crippen molar-refractivity contribution in [2.24, 2.45) is 7.05 Å². The van der Waals surface area contributed by atoms with Crippen LogP contribution in [0.25, 0.3) is 22.0 Å². The van der Waals surface area contributed by atoms with Crippen LogP contribution in [0.4, 0.5) is 18.9 Å². The van der Waals surface area contributed by atoms with Gasteiger partial charge in [-0.1, -0.05) is 0 Å².